The Bertz CT molecular complexity index is 350. The molecule has 0 atom stereocenters. The average molecular weight is 243 g/mol. The van der Waals surface area contributed by atoms with E-state index in [1.807, 2.05) is 12.1 Å². The minimum Gasteiger partial charge on any atom is -0.461 e. The molecule has 1 aromatic rings. The molecule has 0 saturated carbocycles. The van der Waals surface area contributed by atoms with Crippen LogP contribution >= 0.6 is 11.6 Å². The second-order valence-corrected chi connectivity index (χ2v) is 4.10. The Hall–Kier alpha value is -1.06. The largest absolute Gasteiger partial charge is 0.461 e. The molecule has 0 aliphatic heterocycles. The number of halogens is 1. The highest BCUT2D eigenvalue weighted by molar-refractivity contribution is 6.30. The van der Waals surface area contributed by atoms with Crippen LogP contribution in [-0.4, -0.2) is 18.7 Å². The topological polar surface area (TPSA) is 35.5 Å². The van der Waals surface area contributed by atoms with E-state index in [0.717, 1.165) is 5.56 Å². The van der Waals surface area contributed by atoms with E-state index in [4.69, 9.17) is 21.1 Å². The summed E-state index contributed by atoms with van der Waals surface area (Å²) >= 11 is 5.81. The average Bonchev–Trinajstić information content (AvgIpc) is 2.16. The molecule has 0 saturated heterocycles. The lowest BCUT2D eigenvalue weighted by Gasteiger charge is -2.08. The van der Waals surface area contributed by atoms with Crippen LogP contribution < -0.4 is 0 Å². The zero-order chi connectivity index (χ0) is 12.0. The van der Waals surface area contributed by atoms with Gasteiger partial charge in [-0.05, 0) is 31.5 Å². The van der Waals surface area contributed by atoms with Crippen molar-refractivity contribution in [3.63, 3.8) is 0 Å². The van der Waals surface area contributed by atoms with Gasteiger partial charge in [0.2, 0.25) is 0 Å². The number of hydrogen-bond donors (Lipinski definition) is 0. The van der Waals surface area contributed by atoms with Gasteiger partial charge in [0.15, 0.2) is 0 Å². The summed E-state index contributed by atoms with van der Waals surface area (Å²) in [6, 6.07) is 7.32. The fraction of sp³-hybridized carbons (Fsp3) is 0.417. The predicted molar refractivity (Wildman–Crippen MR) is 62.3 cm³/mol. The van der Waals surface area contributed by atoms with Crippen LogP contribution in [0, 0.1) is 0 Å². The molecule has 0 spiro atoms. The standard InChI is InChI=1S/C12H15ClO3/c1-9(2)16-12(14)8-15-7-10-4-3-5-11(13)6-10/h3-6,9H,7-8H2,1-2H3. The van der Waals surface area contributed by atoms with Crippen LogP contribution in [0.5, 0.6) is 0 Å². The molecular weight excluding hydrogens is 228 g/mol. The zero-order valence-electron chi connectivity index (χ0n) is 9.40. The van der Waals surface area contributed by atoms with Crippen LogP contribution in [0.4, 0.5) is 0 Å². The maximum atomic E-state index is 11.1. The van der Waals surface area contributed by atoms with Crippen LogP contribution in [0.1, 0.15) is 19.4 Å². The molecule has 0 aliphatic carbocycles. The maximum Gasteiger partial charge on any atom is 0.332 e. The van der Waals surface area contributed by atoms with E-state index in [1.54, 1.807) is 26.0 Å². The molecule has 1 aromatic carbocycles. The number of ether oxygens (including phenoxy) is 2. The van der Waals surface area contributed by atoms with Gasteiger partial charge >= 0.3 is 5.97 Å². The Labute approximate surface area is 100 Å². The molecule has 0 radical (unpaired) electrons. The highest BCUT2D eigenvalue weighted by Gasteiger charge is 2.05. The van der Waals surface area contributed by atoms with Crippen molar-refractivity contribution < 1.29 is 14.3 Å². The van der Waals surface area contributed by atoms with E-state index in [0.29, 0.717) is 11.6 Å². The first-order chi connectivity index (χ1) is 7.58. The summed E-state index contributed by atoms with van der Waals surface area (Å²) < 4.78 is 10.1. The molecule has 0 unspecified atom stereocenters. The lowest BCUT2D eigenvalue weighted by molar-refractivity contribution is -0.153. The number of rotatable bonds is 5. The van der Waals surface area contributed by atoms with Gasteiger partial charge in [0, 0.05) is 5.02 Å². The van der Waals surface area contributed by atoms with Gasteiger partial charge in [0.1, 0.15) is 6.61 Å². The molecule has 3 nitrogen and oxygen atoms in total. The van der Waals surface area contributed by atoms with Gasteiger partial charge in [-0.2, -0.15) is 0 Å². The Kier molecular flexibility index (Phi) is 5.29. The first-order valence-electron chi connectivity index (χ1n) is 5.09. The first kappa shape index (κ1) is 13.0. The van der Waals surface area contributed by atoms with Crippen molar-refractivity contribution in [1.82, 2.24) is 0 Å². The molecule has 0 N–H and O–H groups in total. The highest BCUT2D eigenvalue weighted by atomic mass is 35.5. The third-order valence-corrected chi connectivity index (χ3v) is 1.98. The summed E-state index contributed by atoms with van der Waals surface area (Å²) in [5.41, 5.74) is 0.935. The second kappa shape index (κ2) is 6.51. The quantitative estimate of drug-likeness (QED) is 0.745. The second-order valence-electron chi connectivity index (χ2n) is 3.66. The minimum absolute atomic E-state index is 0.0370. The summed E-state index contributed by atoms with van der Waals surface area (Å²) in [6.07, 6.45) is -0.109. The third-order valence-electron chi connectivity index (χ3n) is 1.74. The van der Waals surface area contributed by atoms with Gasteiger partial charge < -0.3 is 9.47 Å². The van der Waals surface area contributed by atoms with Crippen molar-refractivity contribution in [2.75, 3.05) is 6.61 Å². The van der Waals surface area contributed by atoms with Crippen molar-refractivity contribution in [3.05, 3.63) is 34.9 Å². The van der Waals surface area contributed by atoms with E-state index in [9.17, 15) is 4.79 Å². The molecular formula is C12H15ClO3. The van der Waals surface area contributed by atoms with Crippen molar-refractivity contribution in [1.29, 1.82) is 0 Å². The van der Waals surface area contributed by atoms with Gasteiger partial charge in [0.05, 0.1) is 12.7 Å². The Morgan fingerprint density at radius 2 is 2.19 bits per heavy atom. The smallest absolute Gasteiger partial charge is 0.332 e. The highest BCUT2D eigenvalue weighted by Crippen LogP contribution is 2.11. The molecule has 4 heteroatoms. The summed E-state index contributed by atoms with van der Waals surface area (Å²) in [7, 11) is 0. The van der Waals surface area contributed by atoms with Crippen LogP contribution in [0.25, 0.3) is 0 Å². The minimum atomic E-state index is -0.350. The predicted octanol–water partition coefficient (Wildman–Crippen LogP) is 2.81. The molecule has 0 aromatic heterocycles. The summed E-state index contributed by atoms with van der Waals surface area (Å²) in [5, 5.41) is 0.658. The van der Waals surface area contributed by atoms with Crippen molar-refractivity contribution >= 4 is 17.6 Å². The summed E-state index contributed by atoms with van der Waals surface area (Å²) in [6.45, 7) is 3.92. The summed E-state index contributed by atoms with van der Waals surface area (Å²) in [5.74, 6) is -0.350. The van der Waals surface area contributed by atoms with Gasteiger partial charge in [-0.25, -0.2) is 4.79 Å². The molecule has 0 aliphatic rings. The lowest BCUT2D eigenvalue weighted by Crippen LogP contribution is -2.16. The van der Waals surface area contributed by atoms with Crippen LogP contribution in [0.2, 0.25) is 5.02 Å². The monoisotopic (exact) mass is 242 g/mol. The molecule has 0 fully saturated rings. The molecule has 0 heterocycles. The Morgan fingerprint density at radius 1 is 1.44 bits per heavy atom. The SMILES string of the molecule is CC(C)OC(=O)COCc1cccc(Cl)c1. The van der Waals surface area contributed by atoms with Gasteiger partial charge in [0.25, 0.3) is 0 Å². The van der Waals surface area contributed by atoms with Gasteiger partial charge in [-0.3, -0.25) is 0 Å². The van der Waals surface area contributed by atoms with Crippen molar-refractivity contribution in [3.8, 4) is 0 Å². The number of esters is 1. The van der Waals surface area contributed by atoms with Crippen molar-refractivity contribution in [2.45, 2.75) is 26.6 Å². The van der Waals surface area contributed by atoms with E-state index in [-0.39, 0.29) is 18.7 Å². The van der Waals surface area contributed by atoms with Crippen LogP contribution in [0.15, 0.2) is 24.3 Å². The summed E-state index contributed by atoms with van der Waals surface area (Å²) in [4.78, 5) is 11.1. The molecule has 16 heavy (non-hydrogen) atoms. The molecule has 0 bridgehead atoms. The van der Waals surface area contributed by atoms with E-state index < -0.39 is 0 Å². The lowest BCUT2D eigenvalue weighted by atomic mass is 10.2. The Balaban J connectivity index is 2.28. The zero-order valence-corrected chi connectivity index (χ0v) is 10.2. The van der Waals surface area contributed by atoms with Gasteiger partial charge in [-0.15, -0.1) is 0 Å². The normalized spacial score (nSPS) is 10.5. The molecule has 0 amide bonds. The van der Waals surface area contributed by atoms with Gasteiger partial charge in [-0.1, -0.05) is 23.7 Å². The number of hydrogen-bond acceptors (Lipinski definition) is 3. The fourth-order valence-corrected chi connectivity index (χ4v) is 1.39. The van der Waals surface area contributed by atoms with Crippen LogP contribution in [-0.2, 0) is 20.9 Å². The number of carbonyl (C=O) groups excluding carboxylic acids is 1. The third kappa shape index (κ3) is 5.14. The molecule has 1 rings (SSSR count). The van der Waals surface area contributed by atoms with Crippen LogP contribution in [0.3, 0.4) is 0 Å². The van der Waals surface area contributed by atoms with E-state index in [1.165, 1.54) is 0 Å². The maximum absolute atomic E-state index is 11.1. The number of benzene rings is 1. The molecule has 88 valence electrons. The van der Waals surface area contributed by atoms with Crippen molar-refractivity contribution in [2.24, 2.45) is 0 Å². The first-order valence-corrected chi connectivity index (χ1v) is 5.47. The Morgan fingerprint density at radius 3 is 2.81 bits per heavy atom. The number of carbonyl (C=O) groups is 1. The fourth-order valence-electron chi connectivity index (χ4n) is 1.18. The van der Waals surface area contributed by atoms with E-state index >= 15 is 0 Å². The van der Waals surface area contributed by atoms with E-state index in [2.05, 4.69) is 0 Å².